The molecule has 0 radical (unpaired) electrons. The van der Waals surface area contributed by atoms with E-state index in [1.807, 2.05) is 33.8 Å². The van der Waals surface area contributed by atoms with Crippen molar-refractivity contribution in [3.05, 3.63) is 0 Å². The van der Waals surface area contributed by atoms with E-state index in [0.717, 1.165) is 0 Å². The van der Waals surface area contributed by atoms with Gasteiger partial charge in [-0.2, -0.15) is 5.26 Å². The molecule has 0 saturated heterocycles. The fraction of sp³-hybridized carbons (Fsp3) is 0.800. The highest BCUT2D eigenvalue weighted by Crippen LogP contribution is 2.33. The van der Waals surface area contributed by atoms with Crippen molar-refractivity contribution in [1.29, 1.82) is 5.26 Å². The molecule has 0 aromatic carbocycles. The van der Waals surface area contributed by atoms with Crippen LogP contribution in [-0.2, 0) is 0 Å². The van der Waals surface area contributed by atoms with E-state index >= 15 is 0 Å². The maximum atomic E-state index is 10.6. The summed E-state index contributed by atoms with van der Waals surface area (Å²) in [4.78, 5) is 10.6. The molecule has 0 spiro atoms. The lowest BCUT2D eigenvalue weighted by molar-refractivity contribution is 0.125. The normalized spacial score (nSPS) is 15.4. The minimum absolute atomic E-state index is 0.206. The standard InChI is InChI=1S/C10H18N2O2/c1-9(2,3)10(4,6-5-7-11)12-8(13)14/h12H,5-6H2,1-4H3,(H,13,14). The second-order valence-corrected chi connectivity index (χ2v) is 4.67. The van der Waals surface area contributed by atoms with Gasteiger partial charge in [-0.15, -0.1) is 0 Å². The molecule has 1 amide bonds. The Morgan fingerprint density at radius 2 is 1.93 bits per heavy atom. The summed E-state index contributed by atoms with van der Waals surface area (Å²) in [6, 6.07) is 2.04. The van der Waals surface area contributed by atoms with E-state index in [1.165, 1.54) is 0 Å². The van der Waals surface area contributed by atoms with Gasteiger partial charge in [0, 0.05) is 12.0 Å². The van der Waals surface area contributed by atoms with Gasteiger partial charge in [0.25, 0.3) is 0 Å². The first kappa shape index (κ1) is 12.8. The fourth-order valence-electron chi connectivity index (χ4n) is 1.17. The summed E-state index contributed by atoms with van der Waals surface area (Å²) < 4.78 is 0. The molecule has 4 heteroatoms. The zero-order valence-corrected chi connectivity index (χ0v) is 9.22. The van der Waals surface area contributed by atoms with E-state index in [2.05, 4.69) is 5.32 Å². The zero-order valence-electron chi connectivity index (χ0n) is 9.22. The molecule has 4 nitrogen and oxygen atoms in total. The third-order valence-electron chi connectivity index (χ3n) is 2.77. The Balaban J connectivity index is 4.68. The van der Waals surface area contributed by atoms with Crippen LogP contribution in [-0.4, -0.2) is 16.7 Å². The van der Waals surface area contributed by atoms with E-state index < -0.39 is 11.6 Å². The van der Waals surface area contributed by atoms with Gasteiger partial charge in [0.2, 0.25) is 0 Å². The van der Waals surface area contributed by atoms with E-state index in [0.29, 0.717) is 12.8 Å². The summed E-state index contributed by atoms with van der Waals surface area (Å²) in [6.07, 6.45) is -0.159. The molecule has 80 valence electrons. The zero-order chi connectivity index (χ0) is 11.4. The average Bonchev–Trinajstić information content (AvgIpc) is 1.97. The van der Waals surface area contributed by atoms with Crippen molar-refractivity contribution < 1.29 is 9.90 Å². The molecule has 0 saturated carbocycles. The Morgan fingerprint density at radius 3 is 2.21 bits per heavy atom. The van der Waals surface area contributed by atoms with Gasteiger partial charge in [0.05, 0.1) is 6.07 Å². The maximum Gasteiger partial charge on any atom is 0.405 e. The highest BCUT2D eigenvalue weighted by Gasteiger charge is 2.38. The number of hydrogen-bond acceptors (Lipinski definition) is 2. The van der Waals surface area contributed by atoms with Crippen molar-refractivity contribution >= 4 is 6.09 Å². The lowest BCUT2D eigenvalue weighted by Gasteiger charge is -2.41. The maximum absolute atomic E-state index is 10.6. The summed E-state index contributed by atoms with van der Waals surface area (Å²) in [5.41, 5.74) is -0.767. The van der Waals surface area contributed by atoms with Gasteiger partial charge in [0.15, 0.2) is 0 Å². The molecule has 0 aromatic rings. The molecule has 0 fully saturated rings. The second kappa shape index (κ2) is 4.32. The minimum atomic E-state index is -1.04. The minimum Gasteiger partial charge on any atom is -0.465 e. The molecular weight excluding hydrogens is 180 g/mol. The quantitative estimate of drug-likeness (QED) is 0.731. The third kappa shape index (κ3) is 3.25. The number of amides is 1. The molecule has 0 aliphatic rings. The molecule has 0 heterocycles. The number of hydrogen-bond donors (Lipinski definition) is 2. The predicted octanol–water partition coefficient (Wildman–Crippen LogP) is 2.36. The summed E-state index contributed by atoms with van der Waals surface area (Å²) in [5.74, 6) is 0. The largest absolute Gasteiger partial charge is 0.465 e. The summed E-state index contributed by atoms with van der Waals surface area (Å²) >= 11 is 0. The van der Waals surface area contributed by atoms with Gasteiger partial charge < -0.3 is 10.4 Å². The first-order valence-corrected chi connectivity index (χ1v) is 4.61. The second-order valence-electron chi connectivity index (χ2n) is 4.67. The summed E-state index contributed by atoms with van der Waals surface area (Å²) in [6.45, 7) is 7.71. The van der Waals surface area contributed by atoms with Crippen LogP contribution >= 0.6 is 0 Å². The molecule has 2 N–H and O–H groups in total. The predicted molar refractivity (Wildman–Crippen MR) is 53.9 cm³/mol. The number of rotatable bonds is 3. The molecule has 1 unspecified atom stereocenters. The number of nitriles is 1. The molecule has 0 rings (SSSR count). The van der Waals surface area contributed by atoms with Gasteiger partial charge in [-0.3, -0.25) is 0 Å². The van der Waals surface area contributed by atoms with Gasteiger partial charge in [-0.05, 0) is 18.8 Å². The molecule has 0 aliphatic heterocycles. The van der Waals surface area contributed by atoms with Crippen molar-refractivity contribution in [2.45, 2.75) is 46.1 Å². The summed E-state index contributed by atoms with van der Waals surface area (Å²) in [5, 5.41) is 19.7. The van der Waals surface area contributed by atoms with Crippen molar-refractivity contribution in [3.8, 4) is 6.07 Å². The van der Waals surface area contributed by atoms with Crippen LogP contribution in [0.2, 0.25) is 0 Å². The highest BCUT2D eigenvalue weighted by molar-refractivity contribution is 5.65. The van der Waals surface area contributed by atoms with E-state index in [9.17, 15) is 4.79 Å². The van der Waals surface area contributed by atoms with Gasteiger partial charge >= 0.3 is 6.09 Å². The van der Waals surface area contributed by atoms with Crippen LogP contribution < -0.4 is 5.32 Å². The number of carboxylic acid groups (broad SMARTS) is 1. The molecule has 0 bridgehead atoms. The monoisotopic (exact) mass is 198 g/mol. The van der Waals surface area contributed by atoms with Gasteiger partial charge in [-0.1, -0.05) is 20.8 Å². The SMILES string of the molecule is CC(C)(C)C(C)(CCC#N)NC(=O)O. The van der Waals surface area contributed by atoms with E-state index in [4.69, 9.17) is 10.4 Å². The Hall–Kier alpha value is -1.24. The van der Waals surface area contributed by atoms with Crippen LogP contribution in [0.15, 0.2) is 0 Å². The van der Waals surface area contributed by atoms with Crippen LogP contribution in [0.3, 0.4) is 0 Å². The number of nitrogens with one attached hydrogen (secondary N) is 1. The highest BCUT2D eigenvalue weighted by atomic mass is 16.4. The van der Waals surface area contributed by atoms with E-state index in [1.54, 1.807) is 0 Å². The number of carbonyl (C=O) groups is 1. The van der Waals surface area contributed by atoms with Crippen molar-refractivity contribution in [3.63, 3.8) is 0 Å². The smallest absolute Gasteiger partial charge is 0.405 e. The fourth-order valence-corrected chi connectivity index (χ4v) is 1.17. The Bertz CT molecular complexity index is 250. The molecule has 0 aliphatic carbocycles. The van der Waals surface area contributed by atoms with Crippen molar-refractivity contribution in [2.24, 2.45) is 5.41 Å². The number of nitrogens with zero attached hydrogens (tertiary/aromatic N) is 1. The topological polar surface area (TPSA) is 73.1 Å². The van der Waals surface area contributed by atoms with Crippen LogP contribution in [0.4, 0.5) is 4.79 Å². The third-order valence-corrected chi connectivity index (χ3v) is 2.77. The summed E-state index contributed by atoms with van der Waals surface area (Å²) in [7, 11) is 0. The van der Waals surface area contributed by atoms with Crippen LogP contribution in [0, 0.1) is 16.7 Å². The van der Waals surface area contributed by atoms with Crippen LogP contribution in [0.25, 0.3) is 0 Å². The first-order chi connectivity index (χ1) is 6.23. The van der Waals surface area contributed by atoms with Crippen LogP contribution in [0.1, 0.15) is 40.5 Å². The van der Waals surface area contributed by atoms with Crippen LogP contribution in [0.5, 0.6) is 0 Å². The Morgan fingerprint density at radius 1 is 1.43 bits per heavy atom. The lowest BCUT2D eigenvalue weighted by atomic mass is 9.72. The average molecular weight is 198 g/mol. The first-order valence-electron chi connectivity index (χ1n) is 4.61. The van der Waals surface area contributed by atoms with E-state index in [-0.39, 0.29) is 5.41 Å². The molecule has 0 aromatic heterocycles. The molecular formula is C10H18N2O2. The van der Waals surface area contributed by atoms with Crippen molar-refractivity contribution in [2.75, 3.05) is 0 Å². The Kier molecular flexibility index (Phi) is 3.93. The van der Waals surface area contributed by atoms with Gasteiger partial charge in [-0.25, -0.2) is 4.79 Å². The molecule has 1 atom stereocenters. The van der Waals surface area contributed by atoms with Gasteiger partial charge in [0.1, 0.15) is 0 Å². The lowest BCUT2D eigenvalue weighted by Crippen LogP contribution is -2.54. The van der Waals surface area contributed by atoms with Crippen molar-refractivity contribution in [1.82, 2.24) is 5.32 Å². The Labute approximate surface area is 84.9 Å². The molecule has 14 heavy (non-hydrogen) atoms.